The maximum Gasteiger partial charge on any atom is 0.230 e. The highest BCUT2D eigenvalue weighted by molar-refractivity contribution is 6.31. The number of hydrogen-bond donors (Lipinski definition) is 0. The van der Waals surface area contributed by atoms with Gasteiger partial charge in [0.05, 0.1) is 0 Å². The van der Waals surface area contributed by atoms with Crippen LogP contribution >= 0.6 is 23.2 Å². The zero-order chi connectivity index (χ0) is 12.1. The summed E-state index contributed by atoms with van der Waals surface area (Å²) in [7, 11) is 0. The van der Waals surface area contributed by atoms with Gasteiger partial charge in [-0.2, -0.15) is 15.0 Å². The van der Waals surface area contributed by atoms with E-state index in [4.69, 9.17) is 23.2 Å². The van der Waals surface area contributed by atoms with Crippen LogP contribution in [0.15, 0.2) is 0 Å². The maximum atomic E-state index is 5.75. The topological polar surface area (TPSA) is 41.9 Å². The molecule has 0 fully saturated rings. The summed E-state index contributed by atoms with van der Waals surface area (Å²) in [4.78, 5) is 13.9. The van der Waals surface area contributed by atoms with Crippen molar-refractivity contribution in [3.05, 3.63) is 10.6 Å². The predicted octanol–water partition coefficient (Wildman–Crippen LogP) is 3.05. The summed E-state index contributed by atoms with van der Waals surface area (Å²) in [5, 5.41) is 0.273. The molecule has 1 aromatic rings. The van der Waals surface area contributed by atoms with Gasteiger partial charge in [-0.3, -0.25) is 0 Å². The molecule has 0 spiro atoms. The molecule has 0 aliphatic carbocycles. The quantitative estimate of drug-likeness (QED) is 0.818. The first-order valence-electron chi connectivity index (χ1n) is 5.38. The van der Waals surface area contributed by atoms with Crippen molar-refractivity contribution in [3.63, 3.8) is 0 Å². The molecule has 4 nitrogen and oxygen atoms in total. The van der Waals surface area contributed by atoms with Gasteiger partial charge in [-0.1, -0.05) is 20.3 Å². The molecule has 0 saturated heterocycles. The van der Waals surface area contributed by atoms with Gasteiger partial charge in [0, 0.05) is 13.1 Å². The van der Waals surface area contributed by atoms with Crippen molar-refractivity contribution in [1.82, 2.24) is 15.0 Å². The Morgan fingerprint density at radius 1 is 1.12 bits per heavy atom. The van der Waals surface area contributed by atoms with Crippen LogP contribution in [-0.2, 0) is 0 Å². The minimum absolute atomic E-state index is 0.137. The maximum absolute atomic E-state index is 5.75. The second kappa shape index (κ2) is 6.21. The van der Waals surface area contributed by atoms with Gasteiger partial charge in [-0.15, -0.1) is 0 Å². The number of anilines is 1. The molecule has 0 saturated carbocycles. The van der Waals surface area contributed by atoms with E-state index in [2.05, 4.69) is 28.8 Å². The largest absolute Gasteiger partial charge is 0.341 e. The summed E-state index contributed by atoms with van der Waals surface area (Å²) in [5.41, 5.74) is 0. The molecule has 0 bridgehead atoms. The van der Waals surface area contributed by atoms with Crippen LogP contribution in [0.4, 0.5) is 5.95 Å². The summed E-state index contributed by atoms with van der Waals surface area (Å²) in [6.45, 7) is 8.11. The van der Waals surface area contributed by atoms with Crippen LogP contribution in [0.25, 0.3) is 0 Å². The zero-order valence-electron chi connectivity index (χ0n) is 9.74. The third-order valence-electron chi connectivity index (χ3n) is 2.46. The normalized spacial score (nSPS) is 12.6. The van der Waals surface area contributed by atoms with Crippen molar-refractivity contribution in [3.8, 4) is 0 Å². The monoisotopic (exact) mass is 262 g/mol. The van der Waals surface area contributed by atoms with E-state index in [-0.39, 0.29) is 10.6 Å². The Morgan fingerprint density at radius 3 is 2.12 bits per heavy atom. The van der Waals surface area contributed by atoms with Gasteiger partial charge in [0.1, 0.15) is 0 Å². The molecule has 6 heteroatoms. The Balaban J connectivity index is 2.86. The zero-order valence-corrected chi connectivity index (χ0v) is 11.3. The van der Waals surface area contributed by atoms with Gasteiger partial charge in [0.25, 0.3) is 0 Å². The van der Waals surface area contributed by atoms with Crippen molar-refractivity contribution < 1.29 is 0 Å². The first-order valence-corrected chi connectivity index (χ1v) is 6.14. The lowest BCUT2D eigenvalue weighted by Crippen LogP contribution is -2.29. The van der Waals surface area contributed by atoms with E-state index in [1.54, 1.807) is 0 Å². The fourth-order valence-corrected chi connectivity index (χ4v) is 1.67. The van der Waals surface area contributed by atoms with Crippen LogP contribution in [0.2, 0.25) is 10.6 Å². The summed E-state index contributed by atoms with van der Waals surface area (Å²) in [6, 6.07) is 0. The number of aromatic nitrogens is 3. The minimum Gasteiger partial charge on any atom is -0.341 e. The molecule has 16 heavy (non-hydrogen) atoms. The molecule has 0 aliphatic rings. The molecular weight excluding hydrogens is 247 g/mol. The molecule has 1 heterocycles. The second-order valence-corrected chi connectivity index (χ2v) is 4.40. The van der Waals surface area contributed by atoms with E-state index < -0.39 is 0 Å². The highest BCUT2D eigenvalue weighted by Crippen LogP contribution is 2.15. The van der Waals surface area contributed by atoms with E-state index in [0.717, 1.165) is 19.5 Å². The lowest BCUT2D eigenvalue weighted by molar-refractivity contribution is 0.542. The highest BCUT2D eigenvalue weighted by atomic mass is 35.5. The summed E-state index contributed by atoms with van der Waals surface area (Å²) < 4.78 is 0. The van der Waals surface area contributed by atoms with Crippen molar-refractivity contribution in [2.75, 3.05) is 18.0 Å². The standard InChI is InChI=1S/C10H16Cl2N4/c1-4-7(3)6-16(5-2)10-14-8(11)13-9(12)15-10/h7H,4-6H2,1-3H3. The Labute approximate surface area is 106 Å². The molecule has 0 aromatic carbocycles. The van der Waals surface area contributed by atoms with Crippen molar-refractivity contribution >= 4 is 29.2 Å². The first-order chi connectivity index (χ1) is 7.56. The number of halogens is 2. The van der Waals surface area contributed by atoms with E-state index in [1.807, 2.05) is 11.8 Å². The van der Waals surface area contributed by atoms with Crippen molar-refractivity contribution in [1.29, 1.82) is 0 Å². The van der Waals surface area contributed by atoms with Gasteiger partial charge in [0.2, 0.25) is 16.5 Å². The number of nitrogens with zero attached hydrogens (tertiary/aromatic N) is 4. The first kappa shape index (κ1) is 13.5. The Hall–Kier alpha value is -0.610. The van der Waals surface area contributed by atoms with Crippen LogP contribution in [0.5, 0.6) is 0 Å². The van der Waals surface area contributed by atoms with Crippen LogP contribution in [0.3, 0.4) is 0 Å². The van der Waals surface area contributed by atoms with Crippen LogP contribution in [-0.4, -0.2) is 28.0 Å². The SMILES string of the molecule is CCC(C)CN(CC)c1nc(Cl)nc(Cl)n1. The fraction of sp³-hybridized carbons (Fsp3) is 0.700. The minimum atomic E-state index is 0.137. The molecule has 90 valence electrons. The van der Waals surface area contributed by atoms with E-state index in [0.29, 0.717) is 11.9 Å². The van der Waals surface area contributed by atoms with Crippen molar-refractivity contribution in [2.45, 2.75) is 27.2 Å². The molecule has 1 aromatic heterocycles. The smallest absolute Gasteiger partial charge is 0.230 e. The summed E-state index contributed by atoms with van der Waals surface area (Å²) >= 11 is 11.5. The number of rotatable bonds is 5. The predicted molar refractivity (Wildman–Crippen MR) is 67.2 cm³/mol. The van der Waals surface area contributed by atoms with Crippen LogP contribution < -0.4 is 4.90 Å². The summed E-state index contributed by atoms with van der Waals surface area (Å²) in [5.74, 6) is 1.13. The lowest BCUT2D eigenvalue weighted by Gasteiger charge is -2.23. The van der Waals surface area contributed by atoms with Gasteiger partial charge in [-0.25, -0.2) is 0 Å². The van der Waals surface area contributed by atoms with Crippen LogP contribution in [0.1, 0.15) is 27.2 Å². The van der Waals surface area contributed by atoms with E-state index in [1.165, 1.54) is 0 Å². The van der Waals surface area contributed by atoms with E-state index in [9.17, 15) is 0 Å². The second-order valence-electron chi connectivity index (χ2n) is 3.73. The Kier molecular flexibility index (Phi) is 5.22. The van der Waals surface area contributed by atoms with Gasteiger partial charge in [-0.05, 0) is 36.0 Å². The fourth-order valence-electron chi connectivity index (χ4n) is 1.32. The number of hydrogen-bond acceptors (Lipinski definition) is 4. The van der Waals surface area contributed by atoms with Gasteiger partial charge < -0.3 is 4.90 Å². The molecule has 0 aliphatic heterocycles. The van der Waals surface area contributed by atoms with Gasteiger partial charge >= 0.3 is 0 Å². The third-order valence-corrected chi connectivity index (χ3v) is 2.80. The molecule has 1 rings (SSSR count). The highest BCUT2D eigenvalue weighted by Gasteiger charge is 2.13. The molecule has 0 N–H and O–H groups in total. The third kappa shape index (κ3) is 3.76. The molecule has 1 atom stereocenters. The summed E-state index contributed by atoms with van der Waals surface area (Å²) in [6.07, 6.45) is 1.11. The van der Waals surface area contributed by atoms with Crippen molar-refractivity contribution in [2.24, 2.45) is 5.92 Å². The molecular formula is C10H16Cl2N4. The lowest BCUT2D eigenvalue weighted by atomic mass is 10.1. The molecule has 0 radical (unpaired) electrons. The average Bonchev–Trinajstić information content (AvgIpc) is 2.24. The average molecular weight is 263 g/mol. The van der Waals surface area contributed by atoms with Gasteiger partial charge in [0.15, 0.2) is 0 Å². The van der Waals surface area contributed by atoms with Crippen LogP contribution in [0, 0.1) is 5.92 Å². The Morgan fingerprint density at radius 2 is 1.69 bits per heavy atom. The molecule has 1 unspecified atom stereocenters. The molecule has 0 amide bonds. The van der Waals surface area contributed by atoms with E-state index >= 15 is 0 Å². The Bertz CT molecular complexity index is 325.